The first kappa shape index (κ1) is 22.5. The van der Waals surface area contributed by atoms with Gasteiger partial charge in [0.15, 0.2) is 0 Å². The summed E-state index contributed by atoms with van der Waals surface area (Å²) >= 11 is 3.15. The Labute approximate surface area is 185 Å². The summed E-state index contributed by atoms with van der Waals surface area (Å²) in [5.74, 6) is 1.79. The number of hydrogen-bond acceptors (Lipinski definition) is 6. The summed E-state index contributed by atoms with van der Waals surface area (Å²) in [6.45, 7) is 4.46. The number of hydrogen-bond donors (Lipinski definition) is 0. The Morgan fingerprint density at radius 2 is 1.00 bits per heavy atom. The van der Waals surface area contributed by atoms with Crippen molar-refractivity contribution in [2.75, 3.05) is 24.7 Å². The number of ether oxygens (including phenoxy) is 2. The molecular formula is C24H26O4S2. The molecule has 0 bridgehead atoms. The van der Waals surface area contributed by atoms with Crippen LogP contribution in [0.5, 0.6) is 0 Å². The molecule has 0 fully saturated rings. The van der Waals surface area contributed by atoms with Gasteiger partial charge in [0.1, 0.15) is 0 Å². The number of carbonyl (C=O) groups is 2. The van der Waals surface area contributed by atoms with E-state index in [1.165, 1.54) is 32.7 Å². The summed E-state index contributed by atoms with van der Waals surface area (Å²) in [6.07, 6.45) is 0. The average molecular weight is 443 g/mol. The van der Waals surface area contributed by atoms with Crippen molar-refractivity contribution >= 4 is 57.0 Å². The lowest BCUT2D eigenvalue weighted by atomic mass is 9.93. The van der Waals surface area contributed by atoms with Crippen LogP contribution >= 0.6 is 23.5 Å². The number of rotatable bonds is 10. The summed E-state index contributed by atoms with van der Waals surface area (Å²) in [7, 11) is 0. The molecule has 30 heavy (non-hydrogen) atoms. The second-order valence-electron chi connectivity index (χ2n) is 6.64. The van der Waals surface area contributed by atoms with Crippen LogP contribution in [0, 0.1) is 0 Å². The normalized spacial score (nSPS) is 11.0. The lowest BCUT2D eigenvalue weighted by Crippen LogP contribution is -2.07. The Morgan fingerprint density at radius 1 is 0.667 bits per heavy atom. The van der Waals surface area contributed by atoms with Crippen molar-refractivity contribution in [1.29, 1.82) is 0 Å². The van der Waals surface area contributed by atoms with Crippen molar-refractivity contribution in [2.24, 2.45) is 0 Å². The predicted molar refractivity (Wildman–Crippen MR) is 127 cm³/mol. The van der Waals surface area contributed by atoms with Crippen molar-refractivity contribution in [1.82, 2.24) is 0 Å². The minimum Gasteiger partial charge on any atom is -0.465 e. The van der Waals surface area contributed by atoms with E-state index in [1.54, 1.807) is 23.5 Å². The van der Waals surface area contributed by atoms with Gasteiger partial charge >= 0.3 is 11.9 Å². The second-order valence-corrected chi connectivity index (χ2v) is 8.62. The molecule has 0 heterocycles. The van der Waals surface area contributed by atoms with E-state index in [1.807, 2.05) is 38.1 Å². The zero-order valence-electron chi connectivity index (χ0n) is 17.3. The van der Waals surface area contributed by atoms with Crippen LogP contribution in [0.15, 0.2) is 48.5 Å². The summed E-state index contributed by atoms with van der Waals surface area (Å²) in [5.41, 5.74) is 2.46. The molecule has 4 nitrogen and oxygen atoms in total. The average Bonchev–Trinajstić information content (AvgIpc) is 2.75. The van der Waals surface area contributed by atoms with Gasteiger partial charge in [-0.3, -0.25) is 9.59 Å². The minimum absolute atomic E-state index is 0.178. The zero-order valence-corrected chi connectivity index (χ0v) is 18.9. The van der Waals surface area contributed by atoms with Gasteiger partial charge in [0.2, 0.25) is 0 Å². The van der Waals surface area contributed by atoms with Gasteiger partial charge in [0, 0.05) is 11.5 Å². The maximum absolute atomic E-state index is 11.8. The number of esters is 2. The van der Waals surface area contributed by atoms with Crippen LogP contribution in [-0.4, -0.2) is 36.7 Å². The van der Waals surface area contributed by atoms with Gasteiger partial charge in [0.05, 0.1) is 24.7 Å². The maximum Gasteiger partial charge on any atom is 0.315 e. The first-order valence-corrected chi connectivity index (χ1v) is 12.3. The number of carbonyl (C=O) groups excluding carboxylic acids is 2. The van der Waals surface area contributed by atoms with Gasteiger partial charge in [-0.25, -0.2) is 0 Å². The third kappa shape index (κ3) is 5.49. The first-order chi connectivity index (χ1) is 14.7. The van der Waals surface area contributed by atoms with E-state index in [-0.39, 0.29) is 11.9 Å². The molecule has 0 amide bonds. The van der Waals surface area contributed by atoms with Crippen LogP contribution < -0.4 is 0 Å². The lowest BCUT2D eigenvalue weighted by Gasteiger charge is -2.16. The molecule has 0 aliphatic carbocycles. The van der Waals surface area contributed by atoms with Gasteiger partial charge in [-0.15, -0.1) is 23.5 Å². The molecule has 0 aliphatic rings. The molecule has 0 radical (unpaired) electrons. The van der Waals surface area contributed by atoms with Crippen LogP contribution in [0.4, 0.5) is 0 Å². The standard InChI is InChI=1S/C24H26O4S2/c1-3-27-23(25)15-29-13-21-17-9-5-7-11-19(17)22(14-30-16-24(26)28-4-2)20-12-8-6-10-18(20)21/h5-12H,3-4,13-16H2,1-2H3. The summed E-state index contributed by atoms with van der Waals surface area (Å²) in [4.78, 5) is 23.5. The van der Waals surface area contributed by atoms with Crippen molar-refractivity contribution in [3.8, 4) is 0 Å². The minimum atomic E-state index is -0.178. The molecule has 0 unspecified atom stereocenters. The van der Waals surface area contributed by atoms with E-state index in [0.717, 1.165) is 11.5 Å². The summed E-state index contributed by atoms with van der Waals surface area (Å²) in [5, 5.41) is 4.78. The Morgan fingerprint density at radius 3 is 1.30 bits per heavy atom. The fourth-order valence-corrected chi connectivity index (χ4v) is 5.23. The molecule has 0 aliphatic heterocycles. The van der Waals surface area contributed by atoms with Gasteiger partial charge < -0.3 is 9.47 Å². The molecule has 0 spiro atoms. The Bertz CT molecular complexity index is 893. The molecule has 158 valence electrons. The highest BCUT2D eigenvalue weighted by Crippen LogP contribution is 2.36. The Hall–Kier alpha value is -2.18. The largest absolute Gasteiger partial charge is 0.465 e. The van der Waals surface area contributed by atoms with Crippen LogP contribution in [0.25, 0.3) is 21.5 Å². The van der Waals surface area contributed by atoms with Gasteiger partial charge in [-0.1, -0.05) is 48.5 Å². The topological polar surface area (TPSA) is 52.6 Å². The van der Waals surface area contributed by atoms with E-state index in [2.05, 4.69) is 24.3 Å². The molecule has 0 saturated heterocycles. The lowest BCUT2D eigenvalue weighted by molar-refractivity contribution is -0.140. The quantitative estimate of drug-likeness (QED) is 0.302. The highest BCUT2D eigenvalue weighted by Gasteiger charge is 2.15. The van der Waals surface area contributed by atoms with Crippen LogP contribution in [0.2, 0.25) is 0 Å². The van der Waals surface area contributed by atoms with Gasteiger partial charge in [0.25, 0.3) is 0 Å². The highest BCUT2D eigenvalue weighted by molar-refractivity contribution is 7.99. The fraction of sp³-hybridized carbons (Fsp3) is 0.333. The monoisotopic (exact) mass is 442 g/mol. The van der Waals surface area contributed by atoms with Crippen LogP contribution in [0.3, 0.4) is 0 Å². The molecular weight excluding hydrogens is 416 g/mol. The van der Waals surface area contributed by atoms with Crippen molar-refractivity contribution < 1.29 is 19.1 Å². The van der Waals surface area contributed by atoms with E-state index >= 15 is 0 Å². The molecule has 3 aromatic rings. The van der Waals surface area contributed by atoms with E-state index in [4.69, 9.17) is 9.47 Å². The van der Waals surface area contributed by atoms with Crippen molar-refractivity contribution in [3.63, 3.8) is 0 Å². The molecule has 0 N–H and O–H groups in total. The highest BCUT2D eigenvalue weighted by atomic mass is 32.2. The molecule has 0 aromatic heterocycles. The predicted octanol–water partition coefficient (Wildman–Crippen LogP) is 5.59. The molecule has 0 saturated carbocycles. The first-order valence-electron chi connectivity index (χ1n) is 10.0. The van der Waals surface area contributed by atoms with E-state index < -0.39 is 0 Å². The number of fused-ring (bicyclic) bond motifs is 2. The molecule has 6 heteroatoms. The number of thioether (sulfide) groups is 2. The summed E-state index contributed by atoms with van der Waals surface area (Å²) in [6, 6.07) is 16.8. The van der Waals surface area contributed by atoms with Crippen molar-refractivity contribution in [2.45, 2.75) is 25.4 Å². The van der Waals surface area contributed by atoms with E-state index in [0.29, 0.717) is 24.7 Å². The third-order valence-electron chi connectivity index (χ3n) is 4.70. The van der Waals surface area contributed by atoms with Gasteiger partial charge in [-0.2, -0.15) is 0 Å². The van der Waals surface area contributed by atoms with Crippen LogP contribution in [-0.2, 0) is 30.6 Å². The molecule has 3 rings (SSSR count). The fourth-order valence-electron chi connectivity index (χ4n) is 3.50. The number of benzene rings is 3. The third-order valence-corrected chi connectivity index (χ3v) is 6.56. The van der Waals surface area contributed by atoms with Crippen molar-refractivity contribution in [3.05, 3.63) is 59.7 Å². The Kier molecular flexibility index (Phi) is 8.46. The van der Waals surface area contributed by atoms with E-state index in [9.17, 15) is 9.59 Å². The Balaban J connectivity index is 1.94. The SMILES string of the molecule is CCOC(=O)CSCc1c2ccccc2c(CSCC(=O)OCC)c2ccccc12. The summed E-state index contributed by atoms with van der Waals surface area (Å²) < 4.78 is 10.1. The zero-order chi connectivity index (χ0) is 21.3. The maximum atomic E-state index is 11.8. The second kappa shape index (κ2) is 11.3. The van der Waals surface area contributed by atoms with Crippen LogP contribution in [0.1, 0.15) is 25.0 Å². The molecule has 0 atom stereocenters. The molecule has 3 aromatic carbocycles. The smallest absolute Gasteiger partial charge is 0.315 e. The van der Waals surface area contributed by atoms with Gasteiger partial charge in [-0.05, 0) is 46.5 Å².